The van der Waals surface area contributed by atoms with E-state index >= 15 is 0 Å². The molecule has 8 nitrogen and oxygen atoms in total. The number of fused-ring (bicyclic) bond motifs is 1. The average Bonchev–Trinajstić information content (AvgIpc) is 2.93. The van der Waals surface area contributed by atoms with E-state index in [1.54, 1.807) is 24.4 Å². The number of aromatic nitrogens is 3. The number of halogens is 2. The van der Waals surface area contributed by atoms with Crippen molar-refractivity contribution in [3.63, 3.8) is 0 Å². The molecule has 1 N–H and O–H groups in total. The van der Waals surface area contributed by atoms with Crippen LogP contribution in [0, 0.1) is 0 Å². The number of pyridine rings is 1. The van der Waals surface area contributed by atoms with Gasteiger partial charge in [-0.05, 0) is 24.3 Å². The largest absolute Gasteiger partial charge is 0.465 e. The zero-order valence-electron chi connectivity index (χ0n) is 13.4. The maximum Gasteiger partial charge on any atom is 0.350 e. The molecule has 0 saturated carbocycles. The number of esters is 1. The number of hydrogen-bond donors (Lipinski definition) is 1. The van der Waals surface area contributed by atoms with E-state index in [-0.39, 0.29) is 27.8 Å². The monoisotopic (exact) mass is 394 g/mol. The Morgan fingerprint density at radius 3 is 2.54 bits per heavy atom. The summed E-state index contributed by atoms with van der Waals surface area (Å²) in [6.07, 6.45) is 1.55. The van der Waals surface area contributed by atoms with Crippen LogP contribution in [0.4, 0.5) is 5.69 Å². The van der Waals surface area contributed by atoms with Crippen LogP contribution < -0.4 is 11.0 Å². The van der Waals surface area contributed by atoms with Gasteiger partial charge >= 0.3 is 11.7 Å². The number of methoxy groups -OCH3 is 1. The zero-order valence-corrected chi connectivity index (χ0v) is 14.9. The van der Waals surface area contributed by atoms with Crippen molar-refractivity contribution in [2.45, 2.75) is 6.54 Å². The number of anilines is 1. The number of carbonyl (C=O) groups is 2. The fraction of sp³-hybridized carbons (Fsp3) is 0.125. The maximum atomic E-state index is 12.3. The van der Waals surface area contributed by atoms with Crippen LogP contribution in [0.25, 0.3) is 5.65 Å². The summed E-state index contributed by atoms with van der Waals surface area (Å²) in [5, 5.41) is 6.71. The standard InChI is InChI=1S/C16H12Cl2N4O4/c1-26-15(24)9-6-10(17)14(11(18)7-9)19-13(23)8-22-16(25)21-5-3-2-4-12(21)20-22/h2-7H,8H2,1H3,(H,19,23). The highest BCUT2D eigenvalue weighted by atomic mass is 35.5. The van der Waals surface area contributed by atoms with Crippen molar-refractivity contribution in [1.29, 1.82) is 0 Å². The van der Waals surface area contributed by atoms with E-state index in [0.717, 1.165) is 4.68 Å². The molecule has 1 amide bonds. The van der Waals surface area contributed by atoms with Crippen molar-refractivity contribution in [3.05, 3.63) is 62.6 Å². The van der Waals surface area contributed by atoms with Gasteiger partial charge in [-0.15, -0.1) is 5.10 Å². The van der Waals surface area contributed by atoms with Crippen LogP contribution >= 0.6 is 23.2 Å². The second-order valence-corrected chi connectivity index (χ2v) is 6.04. The van der Waals surface area contributed by atoms with Gasteiger partial charge in [-0.2, -0.15) is 0 Å². The molecule has 0 spiro atoms. The van der Waals surface area contributed by atoms with E-state index in [4.69, 9.17) is 23.2 Å². The lowest BCUT2D eigenvalue weighted by Crippen LogP contribution is -2.28. The van der Waals surface area contributed by atoms with Crippen LogP contribution in [-0.4, -0.2) is 33.2 Å². The second-order valence-electron chi connectivity index (χ2n) is 5.22. The van der Waals surface area contributed by atoms with Gasteiger partial charge in [0.25, 0.3) is 0 Å². The van der Waals surface area contributed by atoms with Gasteiger partial charge in [0.05, 0.1) is 28.4 Å². The molecule has 2 heterocycles. The lowest BCUT2D eigenvalue weighted by molar-refractivity contribution is -0.117. The van der Waals surface area contributed by atoms with Crippen LogP contribution in [0.3, 0.4) is 0 Å². The Hall–Kier alpha value is -2.84. The summed E-state index contributed by atoms with van der Waals surface area (Å²) in [5.74, 6) is -1.16. The fourth-order valence-corrected chi connectivity index (χ4v) is 2.90. The lowest BCUT2D eigenvalue weighted by atomic mass is 10.2. The third-order valence-corrected chi connectivity index (χ3v) is 4.11. The van der Waals surface area contributed by atoms with E-state index in [2.05, 4.69) is 15.2 Å². The molecule has 0 bridgehead atoms. The minimum atomic E-state index is -0.608. The summed E-state index contributed by atoms with van der Waals surface area (Å²) in [4.78, 5) is 36.0. The first-order chi connectivity index (χ1) is 12.4. The van der Waals surface area contributed by atoms with Gasteiger partial charge in [0, 0.05) is 6.20 Å². The van der Waals surface area contributed by atoms with E-state index in [1.165, 1.54) is 23.6 Å². The van der Waals surface area contributed by atoms with Crippen molar-refractivity contribution >= 4 is 46.4 Å². The van der Waals surface area contributed by atoms with Crippen LogP contribution in [0.2, 0.25) is 10.0 Å². The van der Waals surface area contributed by atoms with Gasteiger partial charge in [-0.3, -0.25) is 9.20 Å². The number of rotatable bonds is 4. The minimum Gasteiger partial charge on any atom is -0.465 e. The Morgan fingerprint density at radius 2 is 1.92 bits per heavy atom. The zero-order chi connectivity index (χ0) is 18.8. The molecule has 0 fully saturated rings. The number of amides is 1. The van der Waals surface area contributed by atoms with Gasteiger partial charge in [0.1, 0.15) is 6.54 Å². The van der Waals surface area contributed by atoms with Gasteiger partial charge in [-0.25, -0.2) is 14.3 Å². The highest BCUT2D eigenvalue weighted by molar-refractivity contribution is 6.40. The number of ether oxygens (including phenoxy) is 1. The topological polar surface area (TPSA) is 94.7 Å². The Kier molecular flexibility index (Phi) is 4.97. The molecule has 0 unspecified atom stereocenters. The molecule has 3 aromatic rings. The molecule has 3 rings (SSSR count). The van der Waals surface area contributed by atoms with E-state index in [9.17, 15) is 14.4 Å². The predicted octanol–water partition coefficient (Wildman–Crippen LogP) is 2.23. The summed E-state index contributed by atoms with van der Waals surface area (Å²) >= 11 is 12.2. The van der Waals surface area contributed by atoms with Crippen LogP contribution in [0.1, 0.15) is 10.4 Å². The van der Waals surface area contributed by atoms with Gasteiger partial charge in [0.2, 0.25) is 5.91 Å². The summed E-state index contributed by atoms with van der Waals surface area (Å²) in [6.45, 7) is -0.327. The average molecular weight is 395 g/mol. The minimum absolute atomic E-state index is 0.0635. The van der Waals surface area contributed by atoms with Crippen molar-refractivity contribution in [1.82, 2.24) is 14.2 Å². The molecule has 0 saturated heterocycles. The Labute approximate surface area is 156 Å². The quantitative estimate of drug-likeness (QED) is 0.684. The number of hydrogen-bond acceptors (Lipinski definition) is 5. The molecule has 0 aliphatic carbocycles. The molecular formula is C16H12Cl2N4O4. The molecule has 0 aliphatic heterocycles. The number of carbonyl (C=O) groups excluding carboxylic acids is 2. The summed E-state index contributed by atoms with van der Waals surface area (Å²) in [7, 11) is 1.23. The van der Waals surface area contributed by atoms with Crippen molar-refractivity contribution in [2.24, 2.45) is 0 Å². The van der Waals surface area contributed by atoms with Crippen LogP contribution in [0.15, 0.2) is 41.3 Å². The summed E-state index contributed by atoms with van der Waals surface area (Å²) in [5.41, 5.74) is 0.248. The summed E-state index contributed by atoms with van der Waals surface area (Å²) in [6, 6.07) is 7.71. The van der Waals surface area contributed by atoms with Crippen molar-refractivity contribution in [2.75, 3.05) is 12.4 Å². The number of nitrogens with zero attached hydrogens (tertiary/aromatic N) is 3. The van der Waals surface area contributed by atoms with Gasteiger partial charge < -0.3 is 10.1 Å². The molecule has 1 aromatic carbocycles. The number of nitrogens with one attached hydrogen (secondary N) is 1. The molecule has 0 aliphatic rings. The highest BCUT2D eigenvalue weighted by Crippen LogP contribution is 2.32. The highest BCUT2D eigenvalue weighted by Gasteiger charge is 2.17. The van der Waals surface area contributed by atoms with Crippen molar-refractivity contribution in [3.8, 4) is 0 Å². The van der Waals surface area contributed by atoms with Gasteiger partial charge in [-0.1, -0.05) is 29.3 Å². The SMILES string of the molecule is COC(=O)c1cc(Cl)c(NC(=O)Cn2nc3ccccn3c2=O)c(Cl)c1. The third kappa shape index (κ3) is 3.42. The Balaban J connectivity index is 1.83. The fourth-order valence-electron chi connectivity index (χ4n) is 2.31. The molecule has 2 aromatic heterocycles. The molecule has 10 heteroatoms. The predicted molar refractivity (Wildman–Crippen MR) is 95.9 cm³/mol. The summed E-state index contributed by atoms with van der Waals surface area (Å²) < 4.78 is 6.94. The first kappa shape index (κ1) is 18.0. The maximum absolute atomic E-state index is 12.3. The van der Waals surface area contributed by atoms with Gasteiger partial charge in [0.15, 0.2) is 5.65 Å². The lowest BCUT2D eigenvalue weighted by Gasteiger charge is -2.10. The number of benzene rings is 1. The molecule has 0 radical (unpaired) electrons. The first-order valence-electron chi connectivity index (χ1n) is 7.32. The van der Waals surface area contributed by atoms with Crippen molar-refractivity contribution < 1.29 is 14.3 Å². The molecule has 0 atom stereocenters. The van der Waals surface area contributed by atoms with Crippen LogP contribution in [0.5, 0.6) is 0 Å². The Morgan fingerprint density at radius 1 is 1.23 bits per heavy atom. The van der Waals surface area contributed by atoms with E-state index in [0.29, 0.717) is 5.65 Å². The Bertz CT molecular complexity index is 1050. The van der Waals surface area contributed by atoms with E-state index < -0.39 is 17.6 Å². The molecule has 134 valence electrons. The third-order valence-electron chi connectivity index (χ3n) is 3.51. The van der Waals surface area contributed by atoms with E-state index in [1.807, 2.05) is 0 Å². The first-order valence-corrected chi connectivity index (χ1v) is 8.07. The van der Waals surface area contributed by atoms with Crippen LogP contribution in [-0.2, 0) is 16.1 Å². The molecular weight excluding hydrogens is 383 g/mol. The smallest absolute Gasteiger partial charge is 0.350 e. The normalized spacial score (nSPS) is 10.7. The molecule has 26 heavy (non-hydrogen) atoms. The second kappa shape index (κ2) is 7.19.